The molecule has 1 N–H and O–H groups in total. The second kappa shape index (κ2) is 10.4. The Morgan fingerprint density at radius 3 is 2.55 bits per heavy atom. The first-order valence-electron chi connectivity index (χ1n) is 11.6. The summed E-state index contributed by atoms with van der Waals surface area (Å²) in [5, 5.41) is 4.37. The van der Waals surface area contributed by atoms with Crippen molar-refractivity contribution >= 4 is 17.3 Å². The third kappa shape index (κ3) is 5.08. The monoisotopic (exact) mass is 462 g/mol. The van der Waals surface area contributed by atoms with Gasteiger partial charge in [0.2, 0.25) is 0 Å². The molecule has 2 fully saturated rings. The SMILES string of the molecule is S=C1N[C@@H](c2ccccn2)[C@H](c2cccn2Cc2ccccn2)N1CCCN1CCOCC1. The van der Waals surface area contributed by atoms with Gasteiger partial charge in [0.05, 0.1) is 43.2 Å². The van der Waals surface area contributed by atoms with Crippen LogP contribution in [0.2, 0.25) is 0 Å². The molecule has 8 heteroatoms. The third-order valence-corrected chi connectivity index (χ3v) is 6.75. The minimum atomic E-state index is -0.000491. The molecule has 2 aliphatic heterocycles. The van der Waals surface area contributed by atoms with E-state index >= 15 is 0 Å². The molecule has 2 saturated heterocycles. The number of nitrogens with zero attached hydrogens (tertiary/aromatic N) is 5. The molecule has 0 saturated carbocycles. The zero-order chi connectivity index (χ0) is 22.5. The molecule has 0 bridgehead atoms. The zero-order valence-corrected chi connectivity index (χ0v) is 19.5. The Balaban J connectivity index is 1.39. The Bertz CT molecular complexity index is 1040. The number of pyridine rings is 2. The van der Waals surface area contributed by atoms with Crippen molar-refractivity contribution in [2.75, 3.05) is 39.4 Å². The molecule has 7 nitrogen and oxygen atoms in total. The van der Waals surface area contributed by atoms with Crippen LogP contribution in [0.3, 0.4) is 0 Å². The Morgan fingerprint density at radius 1 is 0.970 bits per heavy atom. The first-order valence-corrected chi connectivity index (χ1v) is 12.0. The largest absolute Gasteiger partial charge is 0.379 e. The number of hydrogen-bond donors (Lipinski definition) is 1. The molecule has 2 atom stereocenters. The number of morpholine rings is 1. The average Bonchev–Trinajstić information content (AvgIpc) is 3.44. The number of ether oxygens (including phenoxy) is 1. The summed E-state index contributed by atoms with van der Waals surface area (Å²) < 4.78 is 7.78. The van der Waals surface area contributed by atoms with Gasteiger partial charge in [-0.05, 0) is 55.0 Å². The fourth-order valence-electron chi connectivity index (χ4n) is 4.76. The molecule has 2 aliphatic rings. The van der Waals surface area contributed by atoms with E-state index in [9.17, 15) is 0 Å². The van der Waals surface area contributed by atoms with Crippen molar-refractivity contribution < 1.29 is 4.74 Å². The minimum absolute atomic E-state index is 0.000491. The first kappa shape index (κ1) is 22.0. The highest BCUT2D eigenvalue weighted by Crippen LogP contribution is 2.38. The lowest BCUT2D eigenvalue weighted by Crippen LogP contribution is -2.39. The van der Waals surface area contributed by atoms with E-state index in [1.54, 1.807) is 0 Å². The highest BCUT2D eigenvalue weighted by molar-refractivity contribution is 7.80. The van der Waals surface area contributed by atoms with E-state index in [1.165, 1.54) is 5.69 Å². The molecule has 0 unspecified atom stereocenters. The van der Waals surface area contributed by atoms with Crippen LogP contribution in [0, 0.1) is 0 Å². The quantitative estimate of drug-likeness (QED) is 0.517. The summed E-state index contributed by atoms with van der Waals surface area (Å²) in [5.41, 5.74) is 3.26. The molecule has 172 valence electrons. The number of nitrogens with one attached hydrogen (secondary N) is 1. The van der Waals surface area contributed by atoms with Crippen LogP contribution in [0.5, 0.6) is 0 Å². The number of rotatable bonds is 8. The molecule has 33 heavy (non-hydrogen) atoms. The van der Waals surface area contributed by atoms with Gasteiger partial charge < -0.3 is 19.5 Å². The maximum Gasteiger partial charge on any atom is 0.170 e. The molecule has 0 aliphatic carbocycles. The zero-order valence-electron chi connectivity index (χ0n) is 18.7. The normalized spacial score (nSPS) is 21.3. The summed E-state index contributed by atoms with van der Waals surface area (Å²) >= 11 is 5.84. The van der Waals surface area contributed by atoms with Crippen molar-refractivity contribution in [2.24, 2.45) is 0 Å². The molecule has 0 aromatic carbocycles. The summed E-state index contributed by atoms with van der Waals surface area (Å²) in [6.45, 7) is 6.35. The number of thiocarbonyl (C=S) groups is 1. The van der Waals surface area contributed by atoms with Gasteiger partial charge in [-0.1, -0.05) is 12.1 Å². The molecule has 0 spiro atoms. The van der Waals surface area contributed by atoms with Gasteiger partial charge in [0.25, 0.3) is 0 Å². The Hall–Kier alpha value is -2.81. The van der Waals surface area contributed by atoms with Gasteiger partial charge in [-0.25, -0.2) is 0 Å². The van der Waals surface area contributed by atoms with Gasteiger partial charge in [-0.2, -0.15) is 0 Å². The molecule has 3 aromatic heterocycles. The summed E-state index contributed by atoms with van der Waals surface area (Å²) in [5.74, 6) is 0. The second-order valence-electron chi connectivity index (χ2n) is 8.51. The van der Waals surface area contributed by atoms with E-state index in [1.807, 2.05) is 36.7 Å². The standard InChI is InChI=1S/C25H30N6OS/c33-25-28-23(21-8-2-4-11-27-21)24(31(25)14-6-12-29-15-17-32-18-16-29)22-9-5-13-30(22)19-20-7-1-3-10-26-20/h1-5,7-11,13,23-24H,6,12,14-19H2,(H,28,33)/t23-,24-/m0/s1. The van der Waals surface area contributed by atoms with Crippen molar-refractivity contribution in [2.45, 2.75) is 25.0 Å². The van der Waals surface area contributed by atoms with Crippen LogP contribution < -0.4 is 5.32 Å². The fourth-order valence-corrected chi connectivity index (χ4v) is 5.10. The van der Waals surface area contributed by atoms with Crippen molar-refractivity contribution in [3.8, 4) is 0 Å². The topological polar surface area (TPSA) is 58.5 Å². The van der Waals surface area contributed by atoms with Crippen LogP contribution in [0.1, 0.15) is 35.6 Å². The first-order chi connectivity index (χ1) is 16.3. The van der Waals surface area contributed by atoms with Crippen LogP contribution in [0.25, 0.3) is 0 Å². The van der Waals surface area contributed by atoms with Gasteiger partial charge in [-0.15, -0.1) is 0 Å². The average molecular weight is 463 g/mol. The van der Waals surface area contributed by atoms with Crippen LogP contribution in [0.15, 0.2) is 67.1 Å². The summed E-state index contributed by atoms with van der Waals surface area (Å²) in [6, 6.07) is 16.5. The Labute approximate surface area is 200 Å². The van der Waals surface area contributed by atoms with Gasteiger partial charge in [0.1, 0.15) is 0 Å². The summed E-state index contributed by atoms with van der Waals surface area (Å²) in [6.07, 6.45) is 6.88. The van der Waals surface area contributed by atoms with Crippen LogP contribution in [-0.2, 0) is 11.3 Å². The van der Waals surface area contributed by atoms with Crippen molar-refractivity contribution in [3.63, 3.8) is 0 Å². The lowest BCUT2D eigenvalue weighted by atomic mass is 10.0. The molecule has 3 aromatic rings. The van der Waals surface area contributed by atoms with Crippen molar-refractivity contribution in [1.82, 2.24) is 29.7 Å². The van der Waals surface area contributed by atoms with Crippen LogP contribution in [0.4, 0.5) is 0 Å². The number of hydrogen-bond acceptors (Lipinski definition) is 5. The Morgan fingerprint density at radius 2 is 1.79 bits per heavy atom. The summed E-state index contributed by atoms with van der Waals surface area (Å²) in [4.78, 5) is 14.0. The molecule has 5 rings (SSSR count). The van der Waals surface area contributed by atoms with E-state index in [4.69, 9.17) is 17.0 Å². The van der Waals surface area contributed by atoms with Crippen LogP contribution in [-0.4, -0.2) is 68.8 Å². The van der Waals surface area contributed by atoms with Crippen molar-refractivity contribution in [1.29, 1.82) is 0 Å². The van der Waals surface area contributed by atoms with E-state index in [-0.39, 0.29) is 12.1 Å². The Kier molecular flexibility index (Phi) is 6.95. The van der Waals surface area contributed by atoms with Crippen molar-refractivity contribution in [3.05, 3.63) is 84.2 Å². The predicted molar refractivity (Wildman–Crippen MR) is 132 cm³/mol. The van der Waals surface area contributed by atoms with Gasteiger partial charge >= 0.3 is 0 Å². The molecular weight excluding hydrogens is 432 g/mol. The molecule has 0 radical (unpaired) electrons. The maximum atomic E-state index is 5.84. The van der Waals surface area contributed by atoms with E-state index in [0.717, 1.165) is 68.9 Å². The third-order valence-electron chi connectivity index (χ3n) is 6.40. The number of aromatic nitrogens is 3. The van der Waals surface area contributed by atoms with Gasteiger partial charge in [0.15, 0.2) is 5.11 Å². The minimum Gasteiger partial charge on any atom is -0.379 e. The second-order valence-corrected chi connectivity index (χ2v) is 8.90. The fraction of sp³-hybridized carbons (Fsp3) is 0.400. The smallest absolute Gasteiger partial charge is 0.170 e. The lowest BCUT2D eigenvalue weighted by molar-refractivity contribution is 0.0365. The highest BCUT2D eigenvalue weighted by atomic mass is 32.1. The molecule has 5 heterocycles. The van der Waals surface area contributed by atoms with E-state index in [0.29, 0.717) is 0 Å². The molecule has 0 amide bonds. The summed E-state index contributed by atoms with van der Waals surface area (Å²) in [7, 11) is 0. The van der Waals surface area contributed by atoms with Crippen LogP contribution >= 0.6 is 12.2 Å². The maximum absolute atomic E-state index is 5.84. The lowest BCUT2D eigenvalue weighted by Gasteiger charge is -2.31. The highest BCUT2D eigenvalue weighted by Gasteiger charge is 2.40. The molecular formula is C25H30N6OS. The van der Waals surface area contributed by atoms with Gasteiger partial charge in [0, 0.05) is 50.5 Å². The van der Waals surface area contributed by atoms with Gasteiger partial charge in [-0.3, -0.25) is 14.9 Å². The van der Waals surface area contributed by atoms with E-state index < -0.39 is 0 Å². The predicted octanol–water partition coefficient (Wildman–Crippen LogP) is 3.02. The van der Waals surface area contributed by atoms with E-state index in [2.05, 4.69) is 60.1 Å².